The third-order valence-corrected chi connectivity index (χ3v) is 7.92. The highest BCUT2D eigenvalue weighted by molar-refractivity contribution is 8.00. The lowest BCUT2D eigenvalue weighted by molar-refractivity contribution is 0.0565. The van der Waals surface area contributed by atoms with Crippen molar-refractivity contribution in [2.24, 2.45) is 0 Å². The van der Waals surface area contributed by atoms with E-state index in [0.717, 1.165) is 29.4 Å². The van der Waals surface area contributed by atoms with Crippen LogP contribution >= 0.6 is 23.4 Å². The molecule has 0 fully saturated rings. The average molecular weight is 545 g/mol. The number of halogens is 1. The van der Waals surface area contributed by atoms with Crippen molar-refractivity contribution >= 4 is 40.3 Å². The van der Waals surface area contributed by atoms with Crippen molar-refractivity contribution in [3.8, 4) is 0 Å². The number of aliphatic hydroxyl groups is 1. The Kier molecular flexibility index (Phi) is 11.6. The Bertz CT molecular complexity index is 1220. The first-order chi connectivity index (χ1) is 17.9. The Morgan fingerprint density at radius 2 is 1.73 bits per heavy atom. The molecule has 0 aliphatic rings. The van der Waals surface area contributed by atoms with Gasteiger partial charge in [-0.3, -0.25) is 4.79 Å². The van der Waals surface area contributed by atoms with Crippen LogP contribution in [0, 0.1) is 0 Å². The molecule has 3 aromatic rings. The molecule has 0 saturated heterocycles. The van der Waals surface area contributed by atoms with Gasteiger partial charge in [-0.1, -0.05) is 81.5 Å². The molecular weight excluding hydrogens is 508 g/mol. The number of hydrogen-bond acceptors (Lipinski definition) is 6. The van der Waals surface area contributed by atoms with E-state index >= 15 is 0 Å². The van der Waals surface area contributed by atoms with Crippen LogP contribution in [0.5, 0.6) is 0 Å². The van der Waals surface area contributed by atoms with Crippen LogP contribution in [0.4, 0.5) is 0 Å². The number of ether oxygens (including phenoxy) is 1. The van der Waals surface area contributed by atoms with Crippen LogP contribution in [-0.4, -0.2) is 29.0 Å². The van der Waals surface area contributed by atoms with Gasteiger partial charge in [0.2, 0.25) is 5.76 Å². The van der Waals surface area contributed by atoms with E-state index in [9.17, 15) is 14.7 Å². The van der Waals surface area contributed by atoms with Crippen molar-refractivity contribution in [1.82, 2.24) is 0 Å². The van der Waals surface area contributed by atoms with Gasteiger partial charge >= 0.3 is 5.97 Å². The SMILES string of the molecule is CCCCCCCCCc1ccccc1C[C@@](O)(CCCl)Sc1ccc2c(=O)cc(C(=O)OC)oc2c1. The summed E-state index contributed by atoms with van der Waals surface area (Å²) in [6, 6.07) is 14.5. The second-order valence-electron chi connectivity index (χ2n) is 9.43. The van der Waals surface area contributed by atoms with Crippen molar-refractivity contribution in [2.75, 3.05) is 13.0 Å². The molecule has 1 heterocycles. The number of thioether (sulfide) groups is 1. The Hall–Kier alpha value is -2.28. The number of unbranched alkanes of at least 4 members (excludes halogenated alkanes) is 6. The van der Waals surface area contributed by atoms with Crippen molar-refractivity contribution < 1.29 is 19.1 Å². The van der Waals surface area contributed by atoms with Crippen LogP contribution in [0.25, 0.3) is 11.0 Å². The van der Waals surface area contributed by atoms with Gasteiger partial charge in [-0.25, -0.2) is 4.79 Å². The molecule has 0 unspecified atom stereocenters. The number of aryl methyl sites for hydroxylation is 1. The molecule has 0 amide bonds. The highest BCUT2D eigenvalue weighted by atomic mass is 35.5. The second-order valence-corrected chi connectivity index (χ2v) is 11.2. The van der Waals surface area contributed by atoms with Gasteiger partial charge in [-0.05, 0) is 48.6 Å². The van der Waals surface area contributed by atoms with Crippen LogP contribution in [0.3, 0.4) is 0 Å². The van der Waals surface area contributed by atoms with E-state index < -0.39 is 10.9 Å². The van der Waals surface area contributed by atoms with Gasteiger partial charge in [0.15, 0.2) is 5.43 Å². The maximum absolute atomic E-state index is 12.4. The molecule has 1 N–H and O–H groups in total. The van der Waals surface area contributed by atoms with Gasteiger partial charge in [0.1, 0.15) is 10.5 Å². The molecule has 0 bridgehead atoms. The summed E-state index contributed by atoms with van der Waals surface area (Å²) in [6.07, 6.45) is 10.6. The number of rotatable bonds is 15. The molecule has 0 spiro atoms. The summed E-state index contributed by atoms with van der Waals surface area (Å²) in [5, 5.41) is 12.0. The lowest BCUT2D eigenvalue weighted by atomic mass is 9.96. The molecule has 3 rings (SSSR count). The van der Waals surface area contributed by atoms with Crippen LogP contribution in [-0.2, 0) is 17.6 Å². The first-order valence-electron chi connectivity index (χ1n) is 13.1. The normalized spacial score (nSPS) is 13.0. The maximum Gasteiger partial charge on any atom is 0.374 e. The fourth-order valence-electron chi connectivity index (χ4n) is 4.49. The highest BCUT2D eigenvalue weighted by Gasteiger charge is 2.29. The number of alkyl halides is 1. The predicted molar refractivity (Wildman–Crippen MR) is 152 cm³/mol. The Morgan fingerprint density at radius 1 is 1.03 bits per heavy atom. The molecule has 7 heteroatoms. The minimum absolute atomic E-state index is 0.155. The van der Waals surface area contributed by atoms with Gasteiger partial charge in [-0.2, -0.15) is 0 Å². The van der Waals surface area contributed by atoms with Gasteiger partial charge in [0.05, 0.1) is 12.5 Å². The summed E-state index contributed by atoms with van der Waals surface area (Å²) in [7, 11) is 1.23. The maximum atomic E-state index is 12.4. The van der Waals surface area contributed by atoms with Crippen molar-refractivity contribution in [1.29, 1.82) is 0 Å². The van der Waals surface area contributed by atoms with Crippen molar-refractivity contribution in [3.05, 3.63) is 75.6 Å². The zero-order valence-electron chi connectivity index (χ0n) is 21.8. The second kappa shape index (κ2) is 14.6. The number of fused-ring (bicyclic) bond motifs is 1. The first kappa shape index (κ1) is 29.3. The Balaban J connectivity index is 1.75. The highest BCUT2D eigenvalue weighted by Crippen LogP contribution is 2.38. The molecule has 0 saturated carbocycles. The predicted octanol–water partition coefficient (Wildman–Crippen LogP) is 7.53. The molecule has 0 aliphatic carbocycles. The fourth-order valence-corrected chi connectivity index (χ4v) is 6.08. The van der Waals surface area contributed by atoms with Crippen LogP contribution in [0.1, 0.15) is 80.0 Å². The number of esters is 1. The number of benzene rings is 2. The quantitative estimate of drug-likeness (QED) is 0.0700. The van der Waals surface area contributed by atoms with Crippen molar-refractivity contribution in [2.45, 2.75) is 81.0 Å². The number of methoxy groups -OCH3 is 1. The minimum Gasteiger partial charge on any atom is -0.463 e. The lowest BCUT2D eigenvalue weighted by Gasteiger charge is -2.28. The molecule has 200 valence electrons. The molecule has 0 radical (unpaired) electrons. The van der Waals surface area contributed by atoms with Gasteiger partial charge in [-0.15, -0.1) is 11.6 Å². The summed E-state index contributed by atoms with van der Waals surface area (Å²) >= 11 is 7.41. The summed E-state index contributed by atoms with van der Waals surface area (Å²) in [5.74, 6) is -0.566. The Labute approximate surface area is 228 Å². The minimum atomic E-state index is -1.15. The Morgan fingerprint density at radius 3 is 2.43 bits per heavy atom. The largest absolute Gasteiger partial charge is 0.463 e. The molecule has 2 aromatic carbocycles. The number of hydrogen-bond donors (Lipinski definition) is 1. The monoisotopic (exact) mass is 544 g/mol. The lowest BCUT2D eigenvalue weighted by Crippen LogP contribution is -2.28. The van der Waals surface area contributed by atoms with Crippen molar-refractivity contribution in [3.63, 3.8) is 0 Å². The van der Waals surface area contributed by atoms with Gasteiger partial charge in [0.25, 0.3) is 0 Å². The van der Waals surface area contributed by atoms with E-state index in [1.807, 2.05) is 6.07 Å². The summed E-state index contributed by atoms with van der Waals surface area (Å²) in [5.41, 5.74) is 2.32. The van der Waals surface area contributed by atoms with E-state index in [2.05, 4.69) is 29.9 Å². The van der Waals surface area contributed by atoms with E-state index in [4.69, 9.17) is 16.0 Å². The average Bonchev–Trinajstić information content (AvgIpc) is 2.88. The first-order valence-corrected chi connectivity index (χ1v) is 14.4. The zero-order chi connectivity index (χ0) is 26.7. The van der Waals surface area contributed by atoms with E-state index in [1.54, 1.807) is 18.2 Å². The van der Waals surface area contributed by atoms with E-state index in [-0.39, 0.29) is 16.8 Å². The van der Waals surface area contributed by atoms with E-state index in [1.165, 1.54) is 63.0 Å². The molecule has 0 aliphatic heterocycles. The summed E-state index contributed by atoms with van der Waals surface area (Å²) in [6.45, 7) is 2.24. The molecule has 1 atom stereocenters. The molecule has 5 nitrogen and oxygen atoms in total. The topological polar surface area (TPSA) is 76.7 Å². The van der Waals surface area contributed by atoms with E-state index in [0.29, 0.717) is 24.1 Å². The third kappa shape index (κ3) is 8.62. The summed E-state index contributed by atoms with van der Waals surface area (Å²) < 4.78 is 10.3. The zero-order valence-corrected chi connectivity index (χ0v) is 23.3. The number of carbonyl (C=O) groups is 1. The molecule has 37 heavy (non-hydrogen) atoms. The van der Waals surface area contributed by atoms with Crippen LogP contribution in [0.2, 0.25) is 0 Å². The molecular formula is C30H37ClO5S. The van der Waals surface area contributed by atoms with Gasteiger partial charge < -0.3 is 14.3 Å². The van der Waals surface area contributed by atoms with Crippen LogP contribution in [0.15, 0.2) is 62.6 Å². The summed E-state index contributed by atoms with van der Waals surface area (Å²) in [4.78, 5) is 23.9. The standard InChI is InChI=1S/C30H37ClO5S/c1-3-4-5-6-7-8-9-12-22-13-10-11-14-23(22)21-30(34,17-18-31)37-24-15-16-25-26(32)20-28(29(33)35-2)36-27(25)19-24/h10-11,13-16,19-20,34H,3-9,12,17-18,21H2,1-2H3/t30-/m1/s1. The smallest absolute Gasteiger partial charge is 0.374 e. The third-order valence-electron chi connectivity index (χ3n) is 6.51. The molecule has 1 aromatic heterocycles. The van der Waals surface area contributed by atoms with Gasteiger partial charge in [0, 0.05) is 23.3 Å². The van der Waals surface area contributed by atoms with Crippen LogP contribution < -0.4 is 5.43 Å². The number of carbonyl (C=O) groups excluding carboxylic acids is 1. The fraction of sp³-hybridized carbons (Fsp3) is 0.467.